The summed E-state index contributed by atoms with van der Waals surface area (Å²) in [6, 6.07) is 28.7. The maximum Gasteiger partial charge on any atom is 0.329 e. The Kier molecular flexibility index (Phi) is 8.00. The molecule has 226 valence electrons. The highest BCUT2D eigenvalue weighted by Gasteiger charge is 2.54. The van der Waals surface area contributed by atoms with Gasteiger partial charge < -0.3 is 14.4 Å². The normalized spacial score (nSPS) is 19.8. The zero-order chi connectivity index (χ0) is 31.7. The van der Waals surface area contributed by atoms with Crippen LogP contribution in [-0.4, -0.2) is 64.6 Å². The minimum Gasteiger partial charge on any atom is -0.497 e. The molecule has 9 heteroatoms. The maximum absolute atomic E-state index is 14.3. The first-order valence-electron chi connectivity index (χ1n) is 14.5. The van der Waals surface area contributed by atoms with Crippen LogP contribution < -0.4 is 4.74 Å². The third kappa shape index (κ3) is 5.37. The number of methoxy groups -OCH3 is 1. The summed E-state index contributed by atoms with van der Waals surface area (Å²) < 4.78 is 11.2. The monoisotopic (exact) mass is 602 g/mol. The SMILES string of the molecule is COc1ccc(CN2C(=O)[C@@H](OC(=O)[C@H](C)N3C(=O)c4ccccc4C3=O)[C@H](c3ccccc3)[C@@H]2C(=O)c2ccccc2)cc1. The van der Waals surface area contributed by atoms with Gasteiger partial charge in [-0.25, -0.2) is 4.79 Å². The highest BCUT2D eigenvalue weighted by molar-refractivity contribution is 6.22. The van der Waals surface area contributed by atoms with Gasteiger partial charge in [-0.1, -0.05) is 84.9 Å². The van der Waals surface area contributed by atoms with Crippen LogP contribution in [0.25, 0.3) is 0 Å². The number of Topliss-reactive ketones (excluding diaryl/α,β-unsaturated/α-hetero) is 1. The molecule has 1 fully saturated rings. The van der Waals surface area contributed by atoms with Crippen molar-refractivity contribution in [3.8, 4) is 5.75 Å². The third-order valence-corrected chi connectivity index (χ3v) is 8.35. The highest BCUT2D eigenvalue weighted by atomic mass is 16.6. The standard InChI is InChI=1S/C36H30N2O7/c1-22(38-33(40)27-15-9-10-16-28(27)34(38)41)36(43)45-32-29(24-11-5-3-6-12-24)30(31(39)25-13-7-4-8-14-25)37(35(32)42)21-23-17-19-26(44-2)20-18-23/h3-20,22,29-30,32H,21H2,1-2H3/t22-,29+,30+,32-/m0/s1. The fourth-order valence-corrected chi connectivity index (χ4v) is 6.04. The molecule has 0 aliphatic carbocycles. The van der Waals surface area contributed by atoms with Crippen LogP contribution in [0.2, 0.25) is 0 Å². The Balaban J connectivity index is 1.37. The van der Waals surface area contributed by atoms with Gasteiger partial charge in [-0.2, -0.15) is 0 Å². The predicted octanol–water partition coefficient (Wildman–Crippen LogP) is 4.67. The molecule has 2 heterocycles. The Labute approximate surface area is 260 Å². The molecule has 3 amide bonds. The highest BCUT2D eigenvalue weighted by Crippen LogP contribution is 2.40. The van der Waals surface area contributed by atoms with Gasteiger partial charge in [0, 0.05) is 12.1 Å². The number of imide groups is 1. The van der Waals surface area contributed by atoms with E-state index in [2.05, 4.69) is 0 Å². The number of benzene rings is 4. The van der Waals surface area contributed by atoms with Gasteiger partial charge in [0.2, 0.25) is 0 Å². The number of ether oxygens (including phenoxy) is 2. The number of hydrogen-bond donors (Lipinski definition) is 0. The fraction of sp³-hybridized carbons (Fsp3) is 0.194. The Morgan fingerprint density at radius 2 is 1.31 bits per heavy atom. The molecule has 4 aromatic carbocycles. The van der Waals surface area contributed by atoms with Crippen LogP contribution in [0.3, 0.4) is 0 Å². The first-order chi connectivity index (χ1) is 21.8. The summed E-state index contributed by atoms with van der Waals surface area (Å²) >= 11 is 0. The van der Waals surface area contributed by atoms with E-state index in [1.54, 1.807) is 98.1 Å². The van der Waals surface area contributed by atoms with Crippen molar-refractivity contribution < 1.29 is 33.4 Å². The largest absolute Gasteiger partial charge is 0.497 e. The smallest absolute Gasteiger partial charge is 0.329 e. The number of nitrogens with zero attached hydrogens (tertiary/aromatic N) is 2. The number of ketones is 1. The van der Waals surface area contributed by atoms with E-state index in [1.165, 1.54) is 24.0 Å². The van der Waals surface area contributed by atoms with Crippen LogP contribution in [0.15, 0.2) is 109 Å². The summed E-state index contributed by atoms with van der Waals surface area (Å²) in [6.07, 6.45) is -1.39. The van der Waals surface area contributed by atoms with E-state index in [4.69, 9.17) is 9.47 Å². The lowest BCUT2D eigenvalue weighted by atomic mass is 9.85. The summed E-state index contributed by atoms with van der Waals surface area (Å²) in [7, 11) is 1.56. The molecule has 0 aromatic heterocycles. The Hall–Kier alpha value is -5.57. The van der Waals surface area contributed by atoms with Crippen LogP contribution in [0, 0.1) is 0 Å². The molecule has 45 heavy (non-hydrogen) atoms. The quantitative estimate of drug-likeness (QED) is 0.156. The molecule has 0 bridgehead atoms. The van der Waals surface area contributed by atoms with E-state index in [1.807, 2.05) is 6.07 Å². The van der Waals surface area contributed by atoms with Gasteiger partial charge in [0.1, 0.15) is 17.8 Å². The molecule has 9 nitrogen and oxygen atoms in total. The van der Waals surface area contributed by atoms with Gasteiger partial charge in [0.15, 0.2) is 11.9 Å². The van der Waals surface area contributed by atoms with Crippen molar-refractivity contribution in [2.75, 3.05) is 7.11 Å². The second-order valence-electron chi connectivity index (χ2n) is 11.0. The number of amides is 3. The first-order valence-corrected chi connectivity index (χ1v) is 14.5. The zero-order valence-electron chi connectivity index (χ0n) is 24.7. The van der Waals surface area contributed by atoms with E-state index in [0.29, 0.717) is 16.9 Å². The van der Waals surface area contributed by atoms with E-state index >= 15 is 0 Å². The van der Waals surface area contributed by atoms with E-state index in [9.17, 15) is 24.0 Å². The molecule has 0 spiro atoms. The minimum absolute atomic E-state index is 0.0669. The Morgan fingerprint density at radius 3 is 1.89 bits per heavy atom. The van der Waals surface area contributed by atoms with E-state index in [-0.39, 0.29) is 23.5 Å². The fourth-order valence-electron chi connectivity index (χ4n) is 6.04. The van der Waals surface area contributed by atoms with Crippen molar-refractivity contribution in [1.82, 2.24) is 9.80 Å². The van der Waals surface area contributed by atoms with Gasteiger partial charge in [0.05, 0.1) is 24.2 Å². The number of likely N-dealkylation sites (tertiary alicyclic amines) is 1. The molecule has 0 radical (unpaired) electrons. The average Bonchev–Trinajstić information content (AvgIpc) is 3.50. The molecular weight excluding hydrogens is 572 g/mol. The minimum atomic E-state index is -1.39. The van der Waals surface area contributed by atoms with Crippen molar-refractivity contribution in [3.05, 3.63) is 137 Å². The van der Waals surface area contributed by atoms with Crippen molar-refractivity contribution in [1.29, 1.82) is 0 Å². The van der Waals surface area contributed by atoms with Crippen molar-refractivity contribution in [3.63, 3.8) is 0 Å². The molecule has 0 saturated carbocycles. The average molecular weight is 603 g/mol. The lowest BCUT2D eigenvalue weighted by Gasteiger charge is -2.28. The predicted molar refractivity (Wildman–Crippen MR) is 164 cm³/mol. The lowest BCUT2D eigenvalue weighted by Crippen LogP contribution is -2.46. The second kappa shape index (κ2) is 12.2. The molecule has 0 unspecified atom stereocenters. The summed E-state index contributed by atoms with van der Waals surface area (Å²) in [5.41, 5.74) is 2.17. The summed E-state index contributed by atoms with van der Waals surface area (Å²) in [4.78, 5) is 70.7. The molecule has 4 atom stereocenters. The lowest BCUT2D eigenvalue weighted by molar-refractivity contribution is -0.160. The van der Waals surface area contributed by atoms with Crippen molar-refractivity contribution >= 4 is 29.5 Å². The molecule has 6 rings (SSSR count). The summed E-state index contributed by atoms with van der Waals surface area (Å²) in [5.74, 6) is -3.26. The van der Waals surface area contributed by atoms with Crippen LogP contribution in [0.1, 0.15) is 55.0 Å². The maximum atomic E-state index is 14.3. The van der Waals surface area contributed by atoms with Crippen molar-refractivity contribution in [2.24, 2.45) is 0 Å². The number of hydrogen-bond acceptors (Lipinski definition) is 7. The van der Waals surface area contributed by atoms with Gasteiger partial charge in [-0.15, -0.1) is 0 Å². The molecule has 1 saturated heterocycles. The van der Waals surface area contributed by atoms with Crippen LogP contribution in [0.4, 0.5) is 0 Å². The number of carbonyl (C=O) groups excluding carboxylic acids is 5. The van der Waals surface area contributed by atoms with Gasteiger partial charge in [-0.3, -0.25) is 24.1 Å². The number of esters is 1. The van der Waals surface area contributed by atoms with Crippen molar-refractivity contribution in [2.45, 2.75) is 37.6 Å². The van der Waals surface area contributed by atoms with Crippen LogP contribution in [0.5, 0.6) is 5.75 Å². The molecular formula is C36H30N2O7. The van der Waals surface area contributed by atoms with E-state index < -0.39 is 47.8 Å². The van der Waals surface area contributed by atoms with Gasteiger partial charge in [0.25, 0.3) is 17.7 Å². The summed E-state index contributed by atoms with van der Waals surface area (Å²) in [6.45, 7) is 1.46. The van der Waals surface area contributed by atoms with Gasteiger partial charge in [-0.05, 0) is 42.3 Å². The van der Waals surface area contributed by atoms with Crippen LogP contribution >= 0.6 is 0 Å². The number of fused-ring (bicyclic) bond motifs is 1. The summed E-state index contributed by atoms with van der Waals surface area (Å²) in [5, 5.41) is 0. The molecule has 0 N–H and O–H groups in total. The third-order valence-electron chi connectivity index (χ3n) is 8.35. The Morgan fingerprint density at radius 1 is 0.756 bits per heavy atom. The second-order valence-corrected chi connectivity index (χ2v) is 11.0. The van der Waals surface area contributed by atoms with Gasteiger partial charge >= 0.3 is 5.97 Å². The van der Waals surface area contributed by atoms with Crippen LogP contribution in [-0.2, 0) is 20.9 Å². The van der Waals surface area contributed by atoms with E-state index in [0.717, 1.165) is 10.5 Å². The molecule has 2 aliphatic rings. The molecule has 4 aromatic rings. The number of rotatable bonds is 9. The zero-order valence-corrected chi connectivity index (χ0v) is 24.7. The first kappa shape index (κ1) is 29.5. The molecule has 2 aliphatic heterocycles. The number of carbonyl (C=O) groups is 5. The topological polar surface area (TPSA) is 110 Å². The Bertz CT molecular complexity index is 1740.